The molecule has 0 unspecified atom stereocenters. The summed E-state index contributed by atoms with van der Waals surface area (Å²) in [6.07, 6.45) is 4.78. The topological polar surface area (TPSA) is 71.3 Å². The summed E-state index contributed by atoms with van der Waals surface area (Å²) in [4.78, 5) is 16.9. The maximum atomic E-state index is 10.7. The van der Waals surface area contributed by atoms with E-state index in [0.717, 1.165) is 32.5 Å². The fraction of sp³-hybridized carbons (Fsp3) is 0.615. The number of likely N-dealkylation sites (tertiary alicyclic amines) is 1. The Hall–Kier alpha value is -1.69. The smallest absolute Gasteiger partial charge is 0.274 e. The molecule has 0 aliphatic carbocycles. The average molecular weight is 264 g/mol. The van der Waals surface area contributed by atoms with Gasteiger partial charge in [-0.25, -0.2) is 4.98 Å². The summed E-state index contributed by atoms with van der Waals surface area (Å²) in [5.41, 5.74) is 0.0842. The molecule has 0 amide bonds. The fourth-order valence-electron chi connectivity index (χ4n) is 2.44. The van der Waals surface area contributed by atoms with E-state index in [1.165, 1.54) is 24.8 Å². The highest BCUT2D eigenvalue weighted by atomic mass is 16.6. The van der Waals surface area contributed by atoms with Crippen LogP contribution < -0.4 is 5.32 Å². The second kappa shape index (κ2) is 6.47. The molecule has 19 heavy (non-hydrogen) atoms. The highest BCUT2D eigenvalue weighted by Crippen LogP contribution is 2.18. The van der Waals surface area contributed by atoms with Crippen LogP contribution in [0.5, 0.6) is 0 Å². The molecule has 2 heterocycles. The van der Waals surface area contributed by atoms with Crippen LogP contribution in [0, 0.1) is 10.1 Å². The quantitative estimate of drug-likeness (QED) is 0.652. The Labute approximate surface area is 113 Å². The first kappa shape index (κ1) is 13.7. The number of anilines is 1. The Kier molecular flexibility index (Phi) is 4.68. The van der Waals surface area contributed by atoms with Gasteiger partial charge in [0.2, 0.25) is 0 Å². The molecular formula is C13H20N4O2. The van der Waals surface area contributed by atoms with Crippen LogP contribution in [0.25, 0.3) is 0 Å². The lowest BCUT2D eigenvalue weighted by Gasteiger charge is -2.32. The number of rotatable bonds is 5. The van der Waals surface area contributed by atoms with E-state index >= 15 is 0 Å². The lowest BCUT2D eigenvalue weighted by Crippen LogP contribution is -2.39. The van der Waals surface area contributed by atoms with Gasteiger partial charge in [-0.05, 0) is 25.8 Å². The van der Waals surface area contributed by atoms with E-state index in [-0.39, 0.29) is 5.69 Å². The Bertz CT molecular complexity index is 430. The van der Waals surface area contributed by atoms with E-state index in [4.69, 9.17) is 0 Å². The monoisotopic (exact) mass is 264 g/mol. The zero-order valence-corrected chi connectivity index (χ0v) is 11.2. The zero-order valence-electron chi connectivity index (χ0n) is 11.2. The number of nitrogens with zero attached hydrogens (tertiary/aromatic N) is 3. The maximum Gasteiger partial charge on any atom is 0.274 e. The number of nitro groups is 1. The highest BCUT2D eigenvalue weighted by Gasteiger charge is 2.19. The molecule has 1 saturated heterocycles. The van der Waals surface area contributed by atoms with Crippen molar-refractivity contribution in [3.05, 3.63) is 28.4 Å². The van der Waals surface area contributed by atoms with Crippen LogP contribution in [0.4, 0.5) is 11.5 Å². The van der Waals surface area contributed by atoms with Crippen molar-refractivity contribution >= 4 is 11.5 Å². The van der Waals surface area contributed by atoms with Crippen LogP contribution in [-0.2, 0) is 0 Å². The third-order valence-electron chi connectivity index (χ3n) is 3.43. The number of hydrogen-bond acceptors (Lipinski definition) is 5. The maximum absolute atomic E-state index is 10.7. The molecule has 1 aromatic rings. The SMILES string of the molecule is CCCN1CCC(Nc2cc([N+](=O)[O-])ccn2)CC1. The van der Waals surface area contributed by atoms with Gasteiger partial charge in [-0.2, -0.15) is 0 Å². The number of pyridine rings is 1. The van der Waals surface area contributed by atoms with Gasteiger partial charge in [-0.3, -0.25) is 10.1 Å². The van der Waals surface area contributed by atoms with E-state index < -0.39 is 4.92 Å². The molecule has 1 fully saturated rings. The van der Waals surface area contributed by atoms with Gasteiger partial charge in [0.05, 0.1) is 11.0 Å². The van der Waals surface area contributed by atoms with Crippen molar-refractivity contribution in [3.8, 4) is 0 Å². The molecule has 0 spiro atoms. The molecule has 1 aromatic heterocycles. The molecule has 104 valence electrons. The first-order valence-corrected chi connectivity index (χ1v) is 6.78. The summed E-state index contributed by atoms with van der Waals surface area (Å²) >= 11 is 0. The van der Waals surface area contributed by atoms with Crippen LogP contribution in [0.1, 0.15) is 26.2 Å². The summed E-state index contributed by atoms with van der Waals surface area (Å²) in [5, 5.41) is 14.0. The second-order valence-corrected chi connectivity index (χ2v) is 4.92. The van der Waals surface area contributed by atoms with Gasteiger partial charge in [0.25, 0.3) is 5.69 Å². The predicted molar refractivity (Wildman–Crippen MR) is 74.3 cm³/mol. The zero-order chi connectivity index (χ0) is 13.7. The first-order valence-electron chi connectivity index (χ1n) is 6.78. The third-order valence-corrected chi connectivity index (χ3v) is 3.43. The molecular weight excluding hydrogens is 244 g/mol. The van der Waals surface area contributed by atoms with Gasteiger partial charge in [-0.1, -0.05) is 6.92 Å². The van der Waals surface area contributed by atoms with Crippen molar-refractivity contribution in [3.63, 3.8) is 0 Å². The highest BCUT2D eigenvalue weighted by molar-refractivity contribution is 5.44. The molecule has 1 aliphatic rings. The van der Waals surface area contributed by atoms with Gasteiger partial charge in [0.15, 0.2) is 0 Å². The van der Waals surface area contributed by atoms with Gasteiger partial charge in [0.1, 0.15) is 5.82 Å². The largest absolute Gasteiger partial charge is 0.367 e. The van der Waals surface area contributed by atoms with E-state index in [1.807, 2.05) is 0 Å². The van der Waals surface area contributed by atoms with Gasteiger partial charge < -0.3 is 10.2 Å². The molecule has 0 saturated carbocycles. The van der Waals surface area contributed by atoms with Gasteiger partial charge in [0, 0.05) is 31.4 Å². The molecule has 0 bridgehead atoms. The van der Waals surface area contributed by atoms with Gasteiger partial charge in [-0.15, -0.1) is 0 Å². The van der Waals surface area contributed by atoms with Crippen LogP contribution in [0.3, 0.4) is 0 Å². The van der Waals surface area contributed by atoms with Crippen LogP contribution in [0.2, 0.25) is 0 Å². The minimum absolute atomic E-state index is 0.0842. The van der Waals surface area contributed by atoms with Crippen molar-refractivity contribution in [2.45, 2.75) is 32.2 Å². The first-order chi connectivity index (χ1) is 9.19. The van der Waals surface area contributed by atoms with E-state index in [9.17, 15) is 10.1 Å². The summed E-state index contributed by atoms with van der Waals surface area (Å²) in [7, 11) is 0. The van der Waals surface area contributed by atoms with Crippen molar-refractivity contribution in [2.24, 2.45) is 0 Å². The molecule has 1 aliphatic heterocycles. The molecule has 6 heteroatoms. The van der Waals surface area contributed by atoms with Crippen LogP contribution in [-0.4, -0.2) is 40.5 Å². The Morgan fingerprint density at radius 2 is 2.26 bits per heavy atom. The number of piperidine rings is 1. The summed E-state index contributed by atoms with van der Waals surface area (Å²) in [5.74, 6) is 0.600. The van der Waals surface area contributed by atoms with Crippen molar-refractivity contribution in [1.82, 2.24) is 9.88 Å². The molecule has 0 radical (unpaired) electrons. The third kappa shape index (κ3) is 3.89. The summed E-state index contributed by atoms with van der Waals surface area (Å²) < 4.78 is 0. The number of nitrogens with one attached hydrogen (secondary N) is 1. The van der Waals surface area contributed by atoms with E-state index in [1.54, 1.807) is 0 Å². The number of hydrogen-bond donors (Lipinski definition) is 1. The lowest BCUT2D eigenvalue weighted by atomic mass is 10.0. The van der Waals surface area contributed by atoms with Crippen molar-refractivity contribution in [2.75, 3.05) is 25.0 Å². The van der Waals surface area contributed by atoms with E-state index in [2.05, 4.69) is 22.1 Å². The summed E-state index contributed by atoms with van der Waals surface area (Å²) in [6, 6.07) is 3.27. The molecule has 1 N–H and O–H groups in total. The minimum Gasteiger partial charge on any atom is -0.367 e. The summed E-state index contributed by atoms with van der Waals surface area (Å²) in [6.45, 7) is 5.51. The van der Waals surface area contributed by atoms with Crippen LogP contribution >= 0.6 is 0 Å². The predicted octanol–water partition coefficient (Wildman–Crippen LogP) is 2.28. The normalized spacial score (nSPS) is 17.3. The molecule has 0 atom stereocenters. The lowest BCUT2D eigenvalue weighted by molar-refractivity contribution is -0.384. The number of aromatic nitrogens is 1. The second-order valence-electron chi connectivity index (χ2n) is 4.92. The molecule has 2 rings (SSSR count). The average Bonchev–Trinajstić information content (AvgIpc) is 2.42. The Morgan fingerprint density at radius 1 is 1.53 bits per heavy atom. The van der Waals surface area contributed by atoms with E-state index in [0.29, 0.717) is 11.9 Å². The minimum atomic E-state index is -0.392. The van der Waals surface area contributed by atoms with Crippen LogP contribution in [0.15, 0.2) is 18.3 Å². The Balaban J connectivity index is 1.88. The van der Waals surface area contributed by atoms with Crippen molar-refractivity contribution in [1.29, 1.82) is 0 Å². The van der Waals surface area contributed by atoms with Crippen molar-refractivity contribution < 1.29 is 4.92 Å². The standard InChI is InChI=1S/C13H20N4O2/c1-2-7-16-8-4-11(5-9-16)15-13-10-12(17(18)19)3-6-14-13/h3,6,10-11H,2,4-5,7-9H2,1H3,(H,14,15). The van der Waals surface area contributed by atoms with Gasteiger partial charge >= 0.3 is 0 Å². The molecule has 6 nitrogen and oxygen atoms in total. The molecule has 0 aromatic carbocycles. The Morgan fingerprint density at radius 3 is 2.89 bits per heavy atom. The fourth-order valence-corrected chi connectivity index (χ4v) is 2.44.